The third-order valence-electron chi connectivity index (χ3n) is 3.16. The quantitative estimate of drug-likeness (QED) is 0.701. The molecular weight excluding hydrogens is 401 g/mol. The average Bonchev–Trinajstić information content (AvgIpc) is 3.31. The number of urea groups is 1. The van der Waals surface area contributed by atoms with Crippen LogP contribution in [0, 0.1) is 0 Å². The van der Waals surface area contributed by atoms with Crippen LogP contribution in [0.5, 0.6) is 0 Å². The zero-order valence-electron chi connectivity index (χ0n) is 12.6. The van der Waals surface area contributed by atoms with Crippen LogP contribution in [0.2, 0.25) is 0 Å². The summed E-state index contributed by atoms with van der Waals surface area (Å²) in [6, 6.07) is 3.86. The predicted molar refractivity (Wildman–Crippen MR) is 108 cm³/mol. The maximum atomic E-state index is 11.7. The first-order chi connectivity index (χ1) is 11.6. The van der Waals surface area contributed by atoms with Gasteiger partial charge in [-0.15, -0.1) is 21.9 Å². The van der Waals surface area contributed by atoms with Crippen LogP contribution >= 0.6 is 58.4 Å². The van der Waals surface area contributed by atoms with Crippen molar-refractivity contribution in [1.82, 2.24) is 15.4 Å². The fourth-order valence-electron chi connectivity index (χ4n) is 2.04. The van der Waals surface area contributed by atoms with Gasteiger partial charge in [0.25, 0.3) is 0 Å². The molecule has 4 heterocycles. The van der Waals surface area contributed by atoms with Crippen molar-refractivity contribution in [2.24, 2.45) is 5.10 Å². The summed E-state index contributed by atoms with van der Waals surface area (Å²) in [5.74, 6) is 0.566. The van der Waals surface area contributed by atoms with Gasteiger partial charge in [0.15, 0.2) is 0 Å². The number of hydrogen-bond donors (Lipinski definition) is 0. The molecule has 0 saturated heterocycles. The molecule has 5 nitrogen and oxygen atoms in total. The van der Waals surface area contributed by atoms with Crippen molar-refractivity contribution < 1.29 is 4.79 Å². The van der Waals surface area contributed by atoms with Gasteiger partial charge in [0.2, 0.25) is 5.84 Å². The van der Waals surface area contributed by atoms with Crippen LogP contribution in [0.1, 0.15) is 9.75 Å². The molecule has 123 valence electrons. The highest BCUT2D eigenvalue weighted by molar-refractivity contribution is 8.35. The van der Waals surface area contributed by atoms with Crippen LogP contribution in [0.25, 0.3) is 4.91 Å². The van der Waals surface area contributed by atoms with Gasteiger partial charge in [0.05, 0.1) is 13.4 Å². The molecule has 1 radical (unpaired) electrons. The molecule has 1 aromatic heterocycles. The Balaban J connectivity index is 1.53. The van der Waals surface area contributed by atoms with Gasteiger partial charge in [0, 0.05) is 23.9 Å². The number of carbonyl (C=O) groups is 1. The lowest BCUT2D eigenvalue weighted by Crippen LogP contribution is -2.48. The maximum absolute atomic E-state index is 11.7. The summed E-state index contributed by atoms with van der Waals surface area (Å²) in [6.07, 6.45) is 0. The molecule has 3 aliphatic rings. The van der Waals surface area contributed by atoms with Crippen LogP contribution in [-0.2, 0) is 0 Å². The number of hydrogen-bond acceptors (Lipinski definition) is 7. The second-order valence-electron chi connectivity index (χ2n) is 4.80. The Labute approximate surface area is 160 Å². The van der Waals surface area contributed by atoms with Crippen molar-refractivity contribution in [2.45, 2.75) is 0 Å². The molecule has 0 saturated carbocycles. The normalized spacial score (nSPS) is 20.7. The molecule has 0 unspecified atom stereocenters. The van der Waals surface area contributed by atoms with Gasteiger partial charge < -0.3 is 0 Å². The molecule has 0 spiro atoms. The number of amidine groups is 1. The Hall–Kier alpha value is -0.940. The SMILES string of the molecule is CN1[N]C(c2ccc(C3=CSC(=C4SC=CS4)S3)s2)=NN(C)C1=O. The Kier molecular flexibility index (Phi) is 4.65. The summed E-state index contributed by atoms with van der Waals surface area (Å²) in [5, 5.41) is 13.3. The topological polar surface area (TPSA) is 50.0 Å². The third-order valence-corrected chi connectivity index (χ3v) is 9.46. The van der Waals surface area contributed by atoms with E-state index in [2.05, 4.69) is 32.8 Å². The lowest BCUT2D eigenvalue weighted by molar-refractivity contribution is 0.155. The van der Waals surface area contributed by atoms with Gasteiger partial charge in [-0.1, -0.05) is 47.0 Å². The Morgan fingerprint density at radius 1 is 0.958 bits per heavy atom. The highest BCUT2D eigenvalue weighted by Crippen LogP contribution is 2.56. The number of carbonyl (C=O) groups excluding carboxylic acids is 1. The van der Waals surface area contributed by atoms with E-state index in [-0.39, 0.29) is 6.03 Å². The van der Waals surface area contributed by atoms with Crippen LogP contribution in [0.3, 0.4) is 0 Å². The van der Waals surface area contributed by atoms with Gasteiger partial charge in [-0.3, -0.25) is 0 Å². The third kappa shape index (κ3) is 3.13. The predicted octanol–water partition coefficient (Wildman–Crippen LogP) is 4.78. The molecule has 0 aromatic carbocycles. The molecule has 1 aromatic rings. The molecular formula is C14H11N4OS5. The van der Waals surface area contributed by atoms with Gasteiger partial charge >= 0.3 is 6.03 Å². The van der Waals surface area contributed by atoms with Crippen LogP contribution in [0.15, 0.2) is 41.9 Å². The van der Waals surface area contributed by atoms with Crippen LogP contribution < -0.4 is 5.43 Å². The molecule has 2 amide bonds. The number of hydrazone groups is 1. The summed E-state index contributed by atoms with van der Waals surface area (Å²) in [5.41, 5.74) is 4.25. The van der Waals surface area contributed by atoms with E-state index in [1.165, 1.54) is 28.3 Å². The minimum absolute atomic E-state index is 0.238. The minimum atomic E-state index is -0.238. The van der Waals surface area contributed by atoms with E-state index in [9.17, 15) is 4.79 Å². The molecule has 0 N–H and O–H groups in total. The van der Waals surface area contributed by atoms with E-state index < -0.39 is 0 Å². The zero-order chi connectivity index (χ0) is 16.7. The number of nitrogens with zero attached hydrogens (tertiary/aromatic N) is 4. The molecule has 10 heteroatoms. The van der Waals surface area contributed by atoms with E-state index in [1.54, 1.807) is 60.7 Å². The van der Waals surface area contributed by atoms with Crippen molar-refractivity contribution in [3.8, 4) is 0 Å². The molecule has 0 atom stereocenters. The first-order valence-corrected chi connectivity index (χ1v) is 11.1. The summed E-state index contributed by atoms with van der Waals surface area (Å²) in [4.78, 5) is 15.1. The van der Waals surface area contributed by atoms with Gasteiger partial charge in [0.1, 0.15) is 0 Å². The summed E-state index contributed by atoms with van der Waals surface area (Å²) in [7, 11) is 3.27. The number of thioether (sulfide) groups is 4. The van der Waals surface area contributed by atoms with Crippen LogP contribution in [0.4, 0.5) is 4.79 Å². The number of amides is 2. The summed E-state index contributed by atoms with van der Waals surface area (Å²) >= 11 is 8.79. The van der Waals surface area contributed by atoms with E-state index in [1.807, 2.05) is 17.8 Å². The fourth-order valence-corrected chi connectivity index (χ4v) is 7.60. The Morgan fingerprint density at radius 2 is 1.71 bits per heavy atom. The monoisotopic (exact) mass is 411 g/mol. The van der Waals surface area contributed by atoms with Gasteiger partial charge in [-0.05, 0) is 28.4 Å². The molecule has 24 heavy (non-hydrogen) atoms. The average molecular weight is 412 g/mol. The van der Waals surface area contributed by atoms with E-state index in [0.29, 0.717) is 5.84 Å². The molecule has 0 bridgehead atoms. The molecule has 0 aliphatic carbocycles. The highest BCUT2D eigenvalue weighted by atomic mass is 32.2. The lowest BCUT2D eigenvalue weighted by Gasteiger charge is -2.26. The first kappa shape index (κ1) is 16.5. The standard InChI is InChI=1S/C14H11N4OS5/c1-17-14(19)18(2)16-11(15-17)9-4-3-8(23-9)10-7-22-13(24-10)12-20-5-6-21-12/h3-7H,1-2H3. The largest absolute Gasteiger partial charge is 0.360 e. The second kappa shape index (κ2) is 6.75. The summed E-state index contributed by atoms with van der Waals surface area (Å²) in [6.45, 7) is 0. The number of rotatable bonds is 2. The first-order valence-electron chi connectivity index (χ1n) is 6.81. The van der Waals surface area contributed by atoms with E-state index >= 15 is 0 Å². The van der Waals surface area contributed by atoms with Crippen molar-refractivity contribution in [3.05, 3.63) is 46.6 Å². The van der Waals surface area contributed by atoms with Crippen molar-refractivity contribution in [2.75, 3.05) is 14.1 Å². The zero-order valence-corrected chi connectivity index (χ0v) is 16.7. The molecule has 4 rings (SSSR count). The Bertz CT molecular complexity index is 815. The summed E-state index contributed by atoms with van der Waals surface area (Å²) < 4.78 is 2.69. The van der Waals surface area contributed by atoms with Gasteiger partial charge in [-0.25, -0.2) is 14.8 Å². The number of thiophene rings is 1. The fraction of sp³-hybridized carbons (Fsp3) is 0.143. The highest BCUT2D eigenvalue weighted by Gasteiger charge is 2.26. The second-order valence-corrected chi connectivity index (χ2v) is 10.2. The van der Waals surface area contributed by atoms with E-state index in [4.69, 9.17) is 0 Å². The lowest BCUT2D eigenvalue weighted by atomic mass is 10.4. The Morgan fingerprint density at radius 3 is 2.46 bits per heavy atom. The molecule has 0 fully saturated rings. The maximum Gasteiger partial charge on any atom is 0.360 e. The minimum Gasteiger partial charge on any atom is -0.244 e. The molecule has 3 aliphatic heterocycles. The van der Waals surface area contributed by atoms with Crippen molar-refractivity contribution >= 4 is 75.2 Å². The van der Waals surface area contributed by atoms with E-state index in [0.717, 1.165) is 4.88 Å². The van der Waals surface area contributed by atoms with Gasteiger partial charge in [-0.2, -0.15) is 0 Å². The smallest absolute Gasteiger partial charge is 0.244 e. The van der Waals surface area contributed by atoms with Crippen molar-refractivity contribution in [1.29, 1.82) is 0 Å². The van der Waals surface area contributed by atoms with Crippen molar-refractivity contribution in [3.63, 3.8) is 0 Å². The van der Waals surface area contributed by atoms with Crippen LogP contribution in [-0.4, -0.2) is 36.0 Å².